The molecular weight excluding hydrogens is 339 g/mol. The standard InChI is InChI=1S/C15H18BrFN2O2/c1-9(2)7-15(3)13(20)19(14(21)18-15)8-10-4-5-11(16)6-12(10)17/h4-6,9H,7-8H2,1-3H3,(H,18,21). The lowest BCUT2D eigenvalue weighted by molar-refractivity contribution is -0.131. The first-order valence-corrected chi connectivity index (χ1v) is 7.60. The van der Waals surface area contributed by atoms with Gasteiger partial charge in [0.2, 0.25) is 0 Å². The van der Waals surface area contributed by atoms with Crippen molar-refractivity contribution in [3.63, 3.8) is 0 Å². The molecule has 1 aliphatic heterocycles. The fourth-order valence-corrected chi connectivity index (χ4v) is 3.00. The predicted molar refractivity (Wildman–Crippen MR) is 81.0 cm³/mol. The molecule has 1 N–H and O–H groups in total. The quantitative estimate of drug-likeness (QED) is 0.840. The van der Waals surface area contributed by atoms with Gasteiger partial charge in [0.25, 0.3) is 5.91 Å². The van der Waals surface area contributed by atoms with Crippen LogP contribution in [0.5, 0.6) is 0 Å². The summed E-state index contributed by atoms with van der Waals surface area (Å²) in [6, 6.07) is 4.11. The molecule has 0 aromatic heterocycles. The van der Waals surface area contributed by atoms with Crippen molar-refractivity contribution in [2.45, 2.75) is 39.3 Å². The van der Waals surface area contributed by atoms with E-state index in [2.05, 4.69) is 21.2 Å². The van der Waals surface area contributed by atoms with Crippen LogP contribution in [0.3, 0.4) is 0 Å². The van der Waals surface area contributed by atoms with Crippen LogP contribution in [0.1, 0.15) is 32.8 Å². The smallest absolute Gasteiger partial charge is 0.323 e. The van der Waals surface area contributed by atoms with E-state index in [1.54, 1.807) is 19.1 Å². The van der Waals surface area contributed by atoms with Crippen LogP contribution in [0.15, 0.2) is 22.7 Å². The number of rotatable bonds is 4. The highest BCUT2D eigenvalue weighted by atomic mass is 79.9. The van der Waals surface area contributed by atoms with E-state index in [1.807, 2.05) is 13.8 Å². The lowest BCUT2D eigenvalue weighted by Crippen LogP contribution is -2.44. The van der Waals surface area contributed by atoms with Crippen molar-refractivity contribution in [2.75, 3.05) is 0 Å². The first-order valence-electron chi connectivity index (χ1n) is 6.81. The number of halogens is 2. The summed E-state index contributed by atoms with van der Waals surface area (Å²) in [6.45, 7) is 5.63. The van der Waals surface area contributed by atoms with Gasteiger partial charge >= 0.3 is 6.03 Å². The molecule has 1 fully saturated rings. The number of nitrogens with one attached hydrogen (secondary N) is 1. The molecule has 1 heterocycles. The molecule has 1 atom stereocenters. The number of imide groups is 1. The molecule has 1 saturated heterocycles. The number of nitrogens with zero attached hydrogens (tertiary/aromatic N) is 1. The molecule has 21 heavy (non-hydrogen) atoms. The first-order chi connectivity index (χ1) is 9.73. The lowest BCUT2D eigenvalue weighted by Gasteiger charge is -2.23. The molecule has 2 rings (SSSR count). The largest absolute Gasteiger partial charge is 0.325 e. The van der Waals surface area contributed by atoms with Crippen LogP contribution in [0.4, 0.5) is 9.18 Å². The summed E-state index contributed by atoms with van der Waals surface area (Å²) in [5.41, 5.74) is -0.590. The molecule has 114 valence electrons. The highest BCUT2D eigenvalue weighted by Crippen LogP contribution is 2.27. The van der Waals surface area contributed by atoms with Crippen LogP contribution in [-0.4, -0.2) is 22.4 Å². The van der Waals surface area contributed by atoms with Crippen molar-refractivity contribution in [3.8, 4) is 0 Å². The van der Waals surface area contributed by atoms with Crippen LogP contribution in [0.25, 0.3) is 0 Å². The molecule has 1 unspecified atom stereocenters. The maximum atomic E-state index is 13.9. The molecule has 3 amide bonds. The minimum Gasteiger partial charge on any atom is -0.323 e. The van der Waals surface area contributed by atoms with Gasteiger partial charge in [-0.3, -0.25) is 9.69 Å². The van der Waals surface area contributed by atoms with Crippen LogP contribution in [-0.2, 0) is 11.3 Å². The minimum atomic E-state index is -0.906. The average molecular weight is 357 g/mol. The third kappa shape index (κ3) is 3.26. The number of hydrogen-bond donors (Lipinski definition) is 1. The SMILES string of the molecule is CC(C)CC1(C)NC(=O)N(Cc2ccc(Br)cc2F)C1=O. The van der Waals surface area contributed by atoms with Crippen molar-refractivity contribution in [1.82, 2.24) is 10.2 Å². The first kappa shape index (κ1) is 15.9. The Balaban J connectivity index is 2.21. The Morgan fingerprint density at radius 2 is 2.05 bits per heavy atom. The van der Waals surface area contributed by atoms with E-state index < -0.39 is 17.4 Å². The molecule has 0 saturated carbocycles. The minimum absolute atomic E-state index is 0.0581. The fourth-order valence-electron chi connectivity index (χ4n) is 2.67. The van der Waals surface area contributed by atoms with Gasteiger partial charge in [-0.1, -0.05) is 35.8 Å². The van der Waals surface area contributed by atoms with Gasteiger partial charge in [-0.15, -0.1) is 0 Å². The molecule has 1 aromatic rings. The zero-order valence-corrected chi connectivity index (χ0v) is 13.8. The van der Waals surface area contributed by atoms with Crippen molar-refractivity contribution >= 4 is 27.9 Å². The Labute approximate surface area is 131 Å². The Kier molecular flexibility index (Phi) is 4.37. The van der Waals surface area contributed by atoms with Crippen LogP contribution in [0.2, 0.25) is 0 Å². The maximum Gasteiger partial charge on any atom is 0.325 e. The summed E-state index contributed by atoms with van der Waals surface area (Å²) in [6.07, 6.45) is 0.552. The van der Waals surface area contributed by atoms with Gasteiger partial charge in [0.1, 0.15) is 11.4 Å². The number of carbonyl (C=O) groups excluding carboxylic acids is 2. The number of urea groups is 1. The number of benzene rings is 1. The highest BCUT2D eigenvalue weighted by Gasteiger charge is 2.47. The normalized spacial score (nSPS) is 22.1. The van der Waals surface area contributed by atoms with Gasteiger partial charge < -0.3 is 5.32 Å². The second-order valence-electron chi connectivity index (χ2n) is 5.99. The van der Waals surface area contributed by atoms with Gasteiger partial charge in [0, 0.05) is 10.0 Å². The Morgan fingerprint density at radius 3 is 2.62 bits per heavy atom. The summed E-state index contributed by atoms with van der Waals surface area (Å²) in [5.74, 6) is -0.477. The Bertz CT molecular complexity index is 591. The van der Waals surface area contributed by atoms with E-state index in [4.69, 9.17) is 0 Å². The van der Waals surface area contributed by atoms with Gasteiger partial charge in [-0.05, 0) is 31.4 Å². The summed E-state index contributed by atoms with van der Waals surface area (Å²) in [5, 5.41) is 2.72. The topological polar surface area (TPSA) is 49.4 Å². The van der Waals surface area contributed by atoms with E-state index in [1.165, 1.54) is 6.07 Å². The van der Waals surface area contributed by atoms with Gasteiger partial charge in [0.15, 0.2) is 0 Å². The van der Waals surface area contributed by atoms with Crippen molar-refractivity contribution < 1.29 is 14.0 Å². The monoisotopic (exact) mass is 356 g/mol. The molecular formula is C15H18BrFN2O2. The van der Waals surface area contributed by atoms with Crippen LogP contribution in [0, 0.1) is 11.7 Å². The Morgan fingerprint density at radius 1 is 1.38 bits per heavy atom. The highest BCUT2D eigenvalue weighted by molar-refractivity contribution is 9.10. The Hall–Kier alpha value is -1.43. The molecule has 6 heteroatoms. The van der Waals surface area contributed by atoms with Crippen LogP contribution >= 0.6 is 15.9 Å². The summed E-state index contributed by atoms with van der Waals surface area (Å²) in [4.78, 5) is 25.6. The maximum absolute atomic E-state index is 13.9. The fraction of sp³-hybridized carbons (Fsp3) is 0.467. The zero-order valence-electron chi connectivity index (χ0n) is 12.2. The van der Waals surface area contributed by atoms with Crippen molar-refractivity contribution in [1.29, 1.82) is 0 Å². The van der Waals surface area contributed by atoms with Crippen molar-refractivity contribution in [3.05, 3.63) is 34.1 Å². The van der Waals surface area contributed by atoms with Crippen LogP contribution < -0.4 is 5.32 Å². The molecule has 1 aromatic carbocycles. The number of amides is 3. The molecule has 0 radical (unpaired) electrons. The van der Waals surface area contributed by atoms with Gasteiger partial charge in [-0.25, -0.2) is 9.18 Å². The van der Waals surface area contributed by atoms with E-state index in [0.717, 1.165) is 4.90 Å². The summed E-state index contributed by atoms with van der Waals surface area (Å²) < 4.78 is 14.5. The number of carbonyl (C=O) groups is 2. The third-order valence-corrected chi connectivity index (χ3v) is 4.00. The molecule has 0 bridgehead atoms. The summed E-state index contributed by atoms with van der Waals surface area (Å²) in [7, 11) is 0. The van der Waals surface area contributed by atoms with E-state index in [9.17, 15) is 14.0 Å². The van der Waals surface area contributed by atoms with E-state index >= 15 is 0 Å². The van der Waals surface area contributed by atoms with Gasteiger partial charge in [0.05, 0.1) is 6.54 Å². The average Bonchev–Trinajstić information content (AvgIpc) is 2.54. The summed E-state index contributed by atoms with van der Waals surface area (Å²) >= 11 is 3.18. The molecule has 1 aliphatic rings. The van der Waals surface area contributed by atoms with E-state index in [0.29, 0.717) is 16.5 Å². The van der Waals surface area contributed by atoms with Crippen molar-refractivity contribution in [2.24, 2.45) is 5.92 Å². The second kappa shape index (κ2) is 5.75. The molecule has 0 spiro atoms. The third-order valence-electron chi connectivity index (χ3n) is 3.51. The molecule has 0 aliphatic carbocycles. The lowest BCUT2D eigenvalue weighted by atomic mass is 9.91. The van der Waals surface area contributed by atoms with Gasteiger partial charge in [-0.2, -0.15) is 0 Å². The second-order valence-corrected chi connectivity index (χ2v) is 6.90. The van der Waals surface area contributed by atoms with E-state index in [-0.39, 0.29) is 18.4 Å². The number of hydrogen-bond acceptors (Lipinski definition) is 2. The molecule has 4 nitrogen and oxygen atoms in total. The zero-order chi connectivity index (χ0) is 15.8. The predicted octanol–water partition coefficient (Wildman–Crippen LogP) is 3.44.